The van der Waals surface area contributed by atoms with E-state index in [1.807, 2.05) is 69.3 Å². The lowest BCUT2D eigenvalue weighted by atomic mass is 9.96. The van der Waals surface area contributed by atoms with Crippen LogP contribution in [0.15, 0.2) is 81.9 Å². The molecule has 2 aromatic heterocycles. The number of carbonyl (C=O) groups excluding carboxylic acids is 1. The minimum Gasteiger partial charge on any atom is -0.459 e. The zero-order valence-electron chi connectivity index (χ0n) is 20.9. The molecule has 1 aliphatic rings. The minimum atomic E-state index is -0.600. The number of esters is 1. The molecule has 0 radical (unpaired) electrons. The maximum absolute atomic E-state index is 13.9. The number of hydrogen-bond acceptors (Lipinski definition) is 5. The van der Waals surface area contributed by atoms with Gasteiger partial charge in [0.1, 0.15) is 0 Å². The molecule has 5 rings (SSSR count). The highest BCUT2D eigenvalue weighted by atomic mass is 32.1. The van der Waals surface area contributed by atoms with E-state index < -0.39 is 12.0 Å². The molecular weight excluding hydrogens is 470 g/mol. The normalized spacial score (nSPS) is 15.9. The van der Waals surface area contributed by atoms with Gasteiger partial charge in [-0.05, 0) is 44.9 Å². The summed E-state index contributed by atoms with van der Waals surface area (Å²) in [5.41, 5.74) is 3.79. The van der Waals surface area contributed by atoms with Crippen LogP contribution in [0.4, 0.5) is 0 Å². The van der Waals surface area contributed by atoms with Gasteiger partial charge < -0.3 is 9.30 Å². The van der Waals surface area contributed by atoms with Crippen LogP contribution in [0.1, 0.15) is 51.3 Å². The van der Waals surface area contributed by atoms with Gasteiger partial charge in [-0.15, -0.1) is 0 Å². The molecule has 0 spiro atoms. The van der Waals surface area contributed by atoms with Crippen LogP contribution in [0, 0.1) is 0 Å². The van der Waals surface area contributed by atoms with Crippen molar-refractivity contribution in [3.8, 4) is 0 Å². The molecule has 0 amide bonds. The molecule has 3 heterocycles. The van der Waals surface area contributed by atoms with Gasteiger partial charge in [0.15, 0.2) is 4.80 Å². The van der Waals surface area contributed by atoms with Crippen LogP contribution in [0.5, 0.6) is 0 Å². The lowest BCUT2D eigenvalue weighted by molar-refractivity contribution is -0.143. The van der Waals surface area contributed by atoms with E-state index in [9.17, 15) is 9.59 Å². The maximum Gasteiger partial charge on any atom is 0.338 e. The fourth-order valence-corrected chi connectivity index (χ4v) is 5.81. The summed E-state index contributed by atoms with van der Waals surface area (Å²) in [7, 11) is 0. The van der Waals surface area contributed by atoms with Gasteiger partial charge in [-0.25, -0.2) is 9.79 Å². The number of carbonyl (C=O) groups is 1. The van der Waals surface area contributed by atoms with Gasteiger partial charge in [-0.1, -0.05) is 66.8 Å². The highest BCUT2D eigenvalue weighted by Gasteiger charge is 2.33. The van der Waals surface area contributed by atoms with Gasteiger partial charge >= 0.3 is 5.97 Å². The van der Waals surface area contributed by atoms with Crippen LogP contribution in [-0.2, 0) is 16.1 Å². The molecule has 1 atom stereocenters. The van der Waals surface area contributed by atoms with Crippen molar-refractivity contribution < 1.29 is 9.53 Å². The third-order valence-corrected chi connectivity index (χ3v) is 7.25. The highest BCUT2D eigenvalue weighted by molar-refractivity contribution is 7.07. The number of nitrogens with zero attached hydrogens (tertiary/aromatic N) is 3. The van der Waals surface area contributed by atoms with Crippen molar-refractivity contribution in [1.29, 1.82) is 0 Å². The number of aromatic nitrogens is 2. The molecule has 1 unspecified atom stereocenters. The van der Waals surface area contributed by atoms with E-state index >= 15 is 0 Å². The van der Waals surface area contributed by atoms with E-state index in [0.717, 1.165) is 35.0 Å². The monoisotopic (exact) mass is 499 g/mol. The summed E-state index contributed by atoms with van der Waals surface area (Å²) in [6.07, 6.45) is 4.80. The number of rotatable bonds is 6. The number of hydrogen-bond donors (Lipinski definition) is 0. The van der Waals surface area contributed by atoms with Crippen molar-refractivity contribution in [3.63, 3.8) is 0 Å². The summed E-state index contributed by atoms with van der Waals surface area (Å²) < 4.78 is 10.0. The molecule has 184 valence electrons. The first-order valence-corrected chi connectivity index (χ1v) is 13.1. The van der Waals surface area contributed by atoms with Crippen LogP contribution in [0.25, 0.3) is 17.0 Å². The lowest BCUT2D eigenvalue weighted by Gasteiger charge is -2.25. The van der Waals surface area contributed by atoms with Crippen molar-refractivity contribution in [2.24, 2.45) is 4.99 Å². The number of allylic oxidation sites excluding steroid dienone is 1. The lowest BCUT2D eigenvalue weighted by Crippen LogP contribution is -2.40. The summed E-state index contributed by atoms with van der Waals surface area (Å²) in [5.74, 6) is -0.447. The Bertz CT molecular complexity index is 1660. The van der Waals surface area contributed by atoms with Gasteiger partial charge in [0.05, 0.1) is 27.9 Å². The van der Waals surface area contributed by atoms with Crippen LogP contribution in [0.2, 0.25) is 0 Å². The molecule has 0 fully saturated rings. The summed E-state index contributed by atoms with van der Waals surface area (Å²) in [6.45, 7) is 8.50. The zero-order valence-corrected chi connectivity index (χ0v) is 21.7. The van der Waals surface area contributed by atoms with Crippen LogP contribution < -0.4 is 14.9 Å². The van der Waals surface area contributed by atoms with Gasteiger partial charge in [0, 0.05) is 29.2 Å². The fourth-order valence-electron chi connectivity index (χ4n) is 4.77. The SMILES string of the molecule is CCCn1cc(C=c2sc3n(c2=O)C(c2ccccc2)C(C(=O)OC(C)C)=C(C)N=3)c2ccccc21. The average Bonchev–Trinajstić information content (AvgIpc) is 3.35. The first-order chi connectivity index (χ1) is 17.4. The predicted molar refractivity (Wildman–Crippen MR) is 144 cm³/mol. The molecule has 4 aromatic rings. The molecule has 0 aliphatic carbocycles. The smallest absolute Gasteiger partial charge is 0.338 e. The topological polar surface area (TPSA) is 65.6 Å². The van der Waals surface area contributed by atoms with Gasteiger partial charge in [0.25, 0.3) is 5.56 Å². The molecule has 0 bridgehead atoms. The van der Waals surface area contributed by atoms with Crippen molar-refractivity contribution in [1.82, 2.24) is 9.13 Å². The minimum absolute atomic E-state index is 0.165. The van der Waals surface area contributed by atoms with E-state index in [1.165, 1.54) is 11.3 Å². The fraction of sp³-hybridized carbons (Fsp3) is 0.276. The van der Waals surface area contributed by atoms with Crippen molar-refractivity contribution >= 4 is 34.3 Å². The molecule has 1 aliphatic heterocycles. The second-order valence-corrected chi connectivity index (χ2v) is 10.3. The van der Waals surface area contributed by atoms with E-state index in [-0.39, 0.29) is 11.7 Å². The van der Waals surface area contributed by atoms with Crippen LogP contribution in [-0.4, -0.2) is 21.2 Å². The van der Waals surface area contributed by atoms with Gasteiger partial charge in [0.2, 0.25) is 0 Å². The summed E-state index contributed by atoms with van der Waals surface area (Å²) in [6, 6.07) is 17.2. The number of thiazole rings is 1. The van der Waals surface area contributed by atoms with Crippen molar-refractivity contribution in [2.45, 2.75) is 52.8 Å². The second kappa shape index (κ2) is 9.74. The zero-order chi connectivity index (χ0) is 25.4. The Morgan fingerprint density at radius 2 is 1.86 bits per heavy atom. The predicted octanol–water partition coefficient (Wildman–Crippen LogP) is 4.55. The number of para-hydroxylation sites is 1. The number of aryl methyl sites for hydroxylation is 1. The largest absolute Gasteiger partial charge is 0.459 e. The Labute approximate surface area is 213 Å². The first kappa shape index (κ1) is 24.0. The van der Waals surface area contributed by atoms with Crippen LogP contribution >= 0.6 is 11.3 Å². The Morgan fingerprint density at radius 1 is 1.14 bits per heavy atom. The van der Waals surface area contributed by atoms with Gasteiger partial charge in [-0.3, -0.25) is 9.36 Å². The molecule has 6 nitrogen and oxygen atoms in total. The van der Waals surface area contributed by atoms with Gasteiger partial charge in [-0.2, -0.15) is 0 Å². The average molecular weight is 500 g/mol. The number of fused-ring (bicyclic) bond motifs is 2. The van der Waals surface area contributed by atoms with Crippen LogP contribution in [0.3, 0.4) is 0 Å². The molecular formula is C29H29N3O3S. The Morgan fingerprint density at radius 3 is 2.58 bits per heavy atom. The molecule has 36 heavy (non-hydrogen) atoms. The summed E-state index contributed by atoms with van der Waals surface area (Å²) in [4.78, 5) is 32.3. The molecule has 0 saturated heterocycles. The summed E-state index contributed by atoms with van der Waals surface area (Å²) in [5, 5.41) is 1.11. The van der Waals surface area contributed by atoms with E-state index in [2.05, 4.69) is 34.8 Å². The Hall–Kier alpha value is -3.71. The Kier molecular flexibility index (Phi) is 6.49. The molecule has 0 N–H and O–H groups in total. The second-order valence-electron chi connectivity index (χ2n) is 9.24. The molecule has 2 aromatic carbocycles. The quantitative estimate of drug-likeness (QED) is 0.366. The Balaban J connectivity index is 1.72. The third-order valence-electron chi connectivity index (χ3n) is 6.27. The van der Waals surface area contributed by atoms with E-state index in [1.54, 1.807) is 4.57 Å². The van der Waals surface area contributed by atoms with E-state index in [4.69, 9.17) is 4.74 Å². The third kappa shape index (κ3) is 4.24. The van der Waals surface area contributed by atoms with Crippen molar-refractivity contribution in [2.75, 3.05) is 0 Å². The van der Waals surface area contributed by atoms with E-state index in [0.29, 0.717) is 20.6 Å². The standard InChI is InChI=1S/C29H29N3O3S/c1-5-15-31-17-21(22-13-9-10-14-23(22)31)16-24-27(33)32-26(20-11-7-6-8-12-20)25(28(34)35-18(2)3)19(4)30-29(32)36-24/h6-14,16-18,26H,5,15H2,1-4H3. The molecule has 7 heteroatoms. The maximum atomic E-state index is 13.9. The highest BCUT2D eigenvalue weighted by Crippen LogP contribution is 2.31. The summed E-state index contributed by atoms with van der Waals surface area (Å²) >= 11 is 1.35. The molecule has 0 saturated carbocycles. The first-order valence-electron chi connectivity index (χ1n) is 12.3. The number of ether oxygens (including phenoxy) is 1. The number of benzene rings is 2. The van der Waals surface area contributed by atoms with Crippen molar-refractivity contribution in [3.05, 3.63) is 103 Å².